The molecule has 0 unspecified atom stereocenters. The quantitative estimate of drug-likeness (QED) is 0.596. The van der Waals surface area contributed by atoms with Crippen molar-refractivity contribution in [2.45, 2.75) is 33.6 Å². The van der Waals surface area contributed by atoms with Gasteiger partial charge in [-0.05, 0) is 57.4 Å². The maximum Gasteiger partial charge on any atom is 0.0279 e. The van der Waals surface area contributed by atoms with E-state index in [0.717, 1.165) is 24.0 Å². The summed E-state index contributed by atoms with van der Waals surface area (Å²) >= 11 is 0. The molecular weight excluding hydrogens is 228 g/mol. The Kier molecular flexibility index (Phi) is 4.27. The van der Waals surface area contributed by atoms with Gasteiger partial charge in [-0.1, -0.05) is 35.5 Å². The van der Waals surface area contributed by atoms with Crippen LogP contribution < -0.4 is 0 Å². The number of aryl methyl sites for hydroxylation is 1. The molecule has 19 heavy (non-hydrogen) atoms. The number of allylic oxidation sites excluding steroid dienone is 4. The van der Waals surface area contributed by atoms with Crippen LogP contribution >= 0.6 is 0 Å². The Morgan fingerprint density at radius 1 is 0.947 bits per heavy atom. The van der Waals surface area contributed by atoms with Gasteiger partial charge in [0.05, 0.1) is 0 Å². The van der Waals surface area contributed by atoms with Crippen molar-refractivity contribution in [1.29, 1.82) is 0 Å². The molecule has 1 aliphatic carbocycles. The molecule has 0 radical (unpaired) electrons. The van der Waals surface area contributed by atoms with E-state index in [1.807, 2.05) is 13.0 Å². The summed E-state index contributed by atoms with van der Waals surface area (Å²) in [7, 11) is 0. The summed E-state index contributed by atoms with van der Waals surface area (Å²) in [5.74, 6) is 12.5. The first kappa shape index (κ1) is 13.3. The second-order valence-corrected chi connectivity index (χ2v) is 4.86. The van der Waals surface area contributed by atoms with Gasteiger partial charge in [-0.3, -0.25) is 0 Å². The molecule has 0 nitrogen and oxygen atoms in total. The van der Waals surface area contributed by atoms with E-state index >= 15 is 0 Å². The lowest BCUT2D eigenvalue weighted by molar-refractivity contribution is 0.934. The van der Waals surface area contributed by atoms with Crippen LogP contribution in [0.3, 0.4) is 0 Å². The molecule has 0 bridgehead atoms. The maximum absolute atomic E-state index is 3.28. The molecule has 0 aliphatic heterocycles. The lowest BCUT2D eigenvalue weighted by Crippen LogP contribution is -1.89. The van der Waals surface area contributed by atoms with Crippen molar-refractivity contribution in [3.05, 3.63) is 58.2 Å². The Morgan fingerprint density at radius 3 is 2.42 bits per heavy atom. The van der Waals surface area contributed by atoms with E-state index < -0.39 is 0 Å². The Balaban J connectivity index is 2.22. The molecule has 0 saturated heterocycles. The lowest BCUT2D eigenvalue weighted by Gasteiger charge is -2.06. The first-order valence-corrected chi connectivity index (χ1v) is 6.61. The fourth-order valence-electron chi connectivity index (χ4n) is 2.02. The van der Waals surface area contributed by atoms with Crippen LogP contribution in [0.15, 0.2) is 41.5 Å². The van der Waals surface area contributed by atoms with Crippen LogP contribution in [0.4, 0.5) is 0 Å². The van der Waals surface area contributed by atoms with Crippen molar-refractivity contribution in [3.8, 4) is 23.7 Å². The van der Waals surface area contributed by atoms with Crippen molar-refractivity contribution in [1.82, 2.24) is 0 Å². The van der Waals surface area contributed by atoms with Crippen molar-refractivity contribution < 1.29 is 0 Å². The summed E-state index contributed by atoms with van der Waals surface area (Å²) in [6, 6.07) is 6.19. The van der Waals surface area contributed by atoms with Crippen LogP contribution in [-0.4, -0.2) is 0 Å². The predicted molar refractivity (Wildman–Crippen MR) is 81.7 cm³/mol. The van der Waals surface area contributed by atoms with Gasteiger partial charge in [0, 0.05) is 16.7 Å². The molecule has 1 aromatic carbocycles. The zero-order valence-electron chi connectivity index (χ0n) is 11.8. The van der Waals surface area contributed by atoms with E-state index in [2.05, 4.69) is 61.8 Å². The van der Waals surface area contributed by atoms with Crippen LogP contribution in [0.2, 0.25) is 0 Å². The van der Waals surface area contributed by atoms with Gasteiger partial charge in [0.1, 0.15) is 0 Å². The first-order chi connectivity index (χ1) is 9.19. The van der Waals surface area contributed by atoms with E-state index in [0.29, 0.717) is 0 Å². The van der Waals surface area contributed by atoms with E-state index in [1.165, 1.54) is 16.7 Å². The Labute approximate surface area is 116 Å². The monoisotopic (exact) mass is 246 g/mol. The molecule has 0 aromatic heterocycles. The summed E-state index contributed by atoms with van der Waals surface area (Å²) < 4.78 is 0. The van der Waals surface area contributed by atoms with Crippen LogP contribution in [-0.2, 0) is 0 Å². The third kappa shape index (κ3) is 3.64. The van der Waals surface area contributed by atoms with E-state index in [1.54, 1.807) is 0 Å². The molecule has 0 heteroatoms. The second-order valence-electron chi connectivity index (χ2n) is 4.86. The van der Waals surface area contributed by atoms with Gasteiger partial charge in [0.2, 0.25) is 0 Å². The maximum atomic E-state index is 3.28. The summed E-state index contributed by atoms with van der Waals surface area (Å²) in [4.78, 5) is 0. The van der Waals surface area contributed by atoms with Crippen molar-refractivity contribution in [3.63, 3.8) is 0 Å². The highest BCUT2D eigenvalue weighted by atomic mass is 14.0. The molecule has 0 saturated carbocycles. The lowest BCUT2D eigenvalue weighted by atomic mass is 9.99. The minimum absolute atomic E-state index is 1.06. The molecule has 0 atom stereocenters. The Morgan fingerprint density at radius 2 is 1.79 bits per heavy atom. The molecular formula is C19H18. The van der Waals surface area contributed by atoms with Crippen LogP contribution in [0.5, 0.6) is 0 Å². The summed E-state index contributed by atoms with van der Waals surface area (Å²) in [5.41, 5.74) is 6.00. The number of hydrogen-bond acceptors (Lipinski definition) is 0. The van der Waals surface area contributed by atoms with Gasteiger partial charge >= 0.3 is 0 Å². The van der Waals surface area contributed by atoms with Crippen molar-refractivity contribution in [2.75, 3.05) is 0 Å². The van der Waals surface area contributed by atoms with Crippen LogP contribution in [0, 0.1) is 30.6 Å². The third-order valence-corrected chi connectivity index (χ3v) is 3.21. The van der Waals surface area contributed by atoms with E-state index in [4.69, 9.17) is 0 Å². The third-order valence-electron chi connectivity index (χ3n) is 3.21. The van der Waals surface area contributed by atoms with Gasteiger partial charge in [-0.25, -0.2) is 0 Å². The topological polar surface area (TPSA) is 0 Å². The highest BCUT2D eigenvalue weighted by Gasteiger charge is 2.00. The minimum Gasteiger partial charge on any atom is -0.101 e. The molecule has 0 spiro atoms. The van der Waals surface area contributed by atoms with Gasteiger partial charge in [-0.15, -0.1) is 5.92 Å². The minimum atomic E-state index is 1.06. The number of benzene rings is 1. The summed E-state index contributed by atoms with van der Waals surface area (Å²) in [6.07, 6.45) is 6.50. The Hall–Kier alpha value is -2.18. The SMILES string of the molecule is CC#Cc1ccc(C#CC2=CC=C(C)CC2)c(C)c1. The molecule has 0 fully saturated rings. The van der Waals surface area contributed by atoms with E-state index in [9.17, 15) is 0 Å². The molecule has 0 N–H and O–H groups in total. The van der Waals surface area contributed by atoms with E-state index in [-0.39, 0.29) is 0 Å². The zero-order valence-corrected chi connectivity index (χ0v) is 11.8. The second kappa shape index (κ2) is 6.12. The largest absolute Gasteiger partial charge is 0.101 e. The molecule has 0 amide bonds. The van der Waals surface area contributed by atoms with Crippen molar-refractivity contribution >= 4 is 0 Å². The van der Waals surface area contributed by atoms with Crippen LogP contribution in [0.25, 0.3) is 0 Å². The van der Waals surface area contributed by atoms with Crippen LogP contribution in [0.1, 0.15) is 43.4 Å². The van der Waals surface area contributed by atoms with Gasteiger partial charge in [0.25, 0.3) is 0 Å². The Bertz CT molecular complexity index is 661. The van der Waals surface area contributed by atoms with Crippen molar-refractivity contribution in [2.24, 2.45) is 0 Å². The highest BCUT2D eigenvalue weighted by Crippen LogP contribution is 2.17. The molecule has 2 rings (SSSR count). The average molecular weight is 246 g/mol. The van der Waals surface area contributed by atoms with Gasteiger partial charge in [0.15, 0.2) is 0 Å². The summed E-state index contributed by atoms with van der Waals surface area (Å²) in [6.45, 7) is 6.11. The molecule has 0 heterocycles. The molecule has 1 aromatic rings. The first-order valence-electron chi connectivity index (χ1n) is 6.61. The fourth-order valence-corrected chi connectivity index (χ4v) is 2.02. The van der Waals surface area contributed by atoms with Gasteiger partial charge in [-0.2, -0.15) is 0 Å². The summed E-state index contributed by atoms with van der Waals surface area (Å²) in [5, 5.41) is 0. The fraction of sp³-hybridized carbons (Fsp3) is 0.263. The standard InChI is InChI=1S/C19H18/c1-4-5-18-11-13-19(16(3)14-18)12-10-17-8-6-15(2)7-9-17/h6,8,11,13-14H,7,9H2,1-3H3. The zero-order chi connectivity index (χ0) is 13.7. The van der Waals surface area contributed by atoms with Gasteiger partial charge < -0.3 is 0 Å². The number of rotatable bonds is 0. The predicted octanol–water partition coefficient (Wildman–Crippen LogP) is 4.38. The average Bonchev–Trinajstić information content (AvgIpc) is 2.40. The highest BCUT2D eigenvalue weighted by molar-refractivity contribution is 5.50. The number of hydrogen-bond donors (Lipinski definition) is 0. The molecule has 1 aliphatic rings. The smallest absolute Gasteiger partial charge is 0.0279 e. The molecule has 94 valence electrons. The normalized spacial score (nSPS) is 13.4.